The zero-order valence-electron chi connectivity index (χ0n) is 35.2. The third kappa shape index (κ3) is 6.09. The minimum Gasteiger partial charge on any atom is -0.228 e. The molecule has 296 valence electrons. The van der Waals surface area contributed by atoms with Crippen molar-refractivity contribution in [2.24, 2.45) is 0 Å². The summed E-state index contributed by atoms with van der Waals surface area (Å²) in [6.45, 7) is 4.73. The van der Waals surface area contributed by atoms with E-state index in [0.717, 1.165) is 33.5 Å². The summed E-state index contributed by atoms with van der Waals surface area (Å²) in [4.78, 5) is 10.4. The molecule has 63 heavy (non-hydrogen) atoms. The van der Waals surface area contributed by atoms with Crippen molar-refractivity contribution in [1.29, 1.82) is 0 Å². The van der Waals surface area contributed by atoms with Gasteiger partial charge in [0.15, 0.2) is 5.82 Å². The van der Waals surface area contributed by atoms with Crippen molar-refractivity contribution in [3.05, 3.63) is 230 Å². The van der Waals surface area contributed by atoms with Crippen LogP contribution in [0.1, 0.15) is 25.0 Å². The van der Waals surface area contributed by atoms with E-state index in [4.69, 9.17) is 9.97 Å². The van der Waals surface area contributed by atoms with Crippen molar-refractivity contribution >= 4 is 32.3 Å². The lowest BCUT2D eigenvalue weighted by Crippen LogP contribution is -2.14. The first-order valence-electron chi connectivity index (χ1n) is 21.8. The molecule has 1 aliphatic carbocycles. The van der Waals surface area contributed by atoms with Crippen molar-refractivity contribution in [2.45, 2.75) is 19.3 Å². The molecule has 0 atom stereocenters. The average Bonchev–Trinajstić information content (AvgIpc) is 3.59. The van der Waals surface area contributed by atoms with Gasteiger partial charge in [0.2, 0.25) is 0 Å². The van der Waals surface area contributed by atoms with Gasteiger partial charge in [-0.1, -0.05) is 220 Å². The van der Waals surface area contributed by atoms with Crippen LogP contribution in [0.25, 0.3) is 111 Å². The van der Waals surface area contributed by atoms with Crippen LogP contribution in [0.15, 0.2) is 218 Å². The lowest BCUT2D eigenvalue weighted by Gasteiger charge is -2.22. The highest BCUT2D eigenvalue weighted by Gasteiger charge is 2.36. The Morgan fingerprint density at radius 2 is 0.778 bits per heavy atom. The van der Waals surface area contributed by atoms with Gasteiger partial charge in [-0.3, -0.25) is 0 Å². The fraction of sp³-hybridized carbons (Fsp3) is 0.0492. The van der Waals surface area contributed by atoms with Crippen LogP contribution in [-0.4, -0.2) is 9.97 Å². The molecule has 1 heterocycles. The van der Waals surface area contributed by atoms with Crippen LogP contribution in [0, 0.1) is 0 Å². The Morgan fingerprint density at radius 1 is 0.302 bits per heavy atom. The number of nitrogens with zero attached hydrogens (tertiary/aromatic N) is 2. The third-order valence-electron chi connectivity index (χ3n) is 13.3. The van der Waals surface area contributed by atoms with E-state index in [0.29, 0.717) is 5.82 Å². The molecular formula is C61H42N2. The molecule has 10 aromatic carbocycles. The maximum Gasteiger partial charge on any atom is 0.160 e. The topological polar surface area (TPSA) is 25.8 Å². The van der Waals surface area contributed by atoms with Gasteiger partial charge >= 0.3 is 0 Å². The van der Waals surface area contributed by atoms with Crippen molar-refractivity contribution in [1.82, 2.24) is 9.97 Å². The van der Waals surface area contributed by atoms with Gasteiger partial charge in [0, 0.05) is 22.1 Å². The van der Waals surface area contributed by atoms with E-state index in [1.807, 2.05) is 18.2 Å². The van der Waals surface area contributed by atoms with E-state index in [9.17, 15) is 0 Å². The smallest absolute Gasteiger partial charge is 0.160 e. The largest absolute Gasteiger partial charge is 0.228 e. The van der Waals surface area contributed by atoms with Crippen molar-refractivity contribution in [2.75, 3.05) is 0 Å². The van der Waals surface area contributed by atoms with E-state index < -0.39 is 0 Å². The summed E-state index contributed by atoms with van der Waals surface area (Å²) in [6.07, 6.45) is 0. The molecular weight excluding hydrogens is 761 g/mol. The molecule has 0 amide bonds. The summed E-state index contributed by atoms with van der Waals surface area (Å²) < 4.78 is 0. The van der Waals surface area contributed by atoms with Gasteiger partial charge in [-0.2, -0.15) is 0 Å². The Labute approximate surface area is 367 Å². The fourth-order valence-electron chi connectivity index (χ4n) is 10.1. The predicted octanol–water partition coefficient (Wildman–Crippen LogP) is 16.2. The van der Waals surface area contributed by atoms with Crippen molar-refractivity contribution in [3.63, 3.8) is 0 Å². The van der Waals surface area contributed by atoms with E-state index >= 15 is 0 Å². The van der Waals surface area contributed by atoms with E-state index in [-0.39, 0.29) is 5.41 Å². The van der Waals surface area contributed by atoms with Crippen LogP contribution in [0.3, 0.4) is 0 Å². The first kappa shape index (κ1) is 36.9. The Morgan fingerprint density at radius 3 is 1.46 bits per heavy atom. The molecule has 0 saturated carbocycles. The van der Waals surface area contributed by atoms with Gasteiger partial charge in [-0.15, -0.1) is 0 Å². The summed E-state index contributed by atoms with van der Waals surface area (Å²) in [5.74, 6) is 0.705. The van der Waals surface area contributed by atoms with Gasteiger partial charge in [0.05, 0.1) is 11.4 Å². The highest BCUT2D eigenvalue weighted by molar-refractivity contribution is 6.12. The van der Waals surface area contributed by atoms with Crippen LogP contribution in [0.2, 0.25) is 0 Å². The molecule has 0 radical (unpaired) electrons. The number of hydrogen-bond donors (Lipinski definition) is 0. The first-order chi connectivity index (χ1) is 31.0. The second kappa shape index (κ2) is 14.6. The molecule has 0 fully saturated rings. The molecule has 0 N–H and O–H groups in total. The molecule has 2 heteroatoms. The van der Waals surface area contributed by atoms with Crippen LogP contribution in [0.5, 0.6) is 0 Å². The Bertz CT molecular complexity index is 3570. The minimum atomic E-state index is -0.0724. The molecule has 1 aliphatic rings. The van der Waals surface area contributed by atoms with Crippen LogP contribution >= 0.6 is 0 Å². The summed E-state index contributed by atoms with van der Waals surface area (Å²) >= 11 is 0. The number of fused-ring (bicyclic) bond motifs is 7. The quantitative estimate of drug-likeness (QED) is 0.167. The summed E-state index contributed by atoms with van der Waals surface area (Å²) in [7, 11) is 0. The van der Waals surface area contributed by atoms with Crippen LogP contribution < -0.4 is 0 Å². The van der Waals surface area contributed by atoms with Gasteiger partial charge in [0.1, 0.15) is 0 Å². The molecule has 1 aromatic heterocycles. The van der Waals surface area contributed by atoms with Gasteiger partial charge < -0.3 is 0 Å². The molecule has 2 nitrogen and oxygen atoms in total. The molecule has 0 bridgehead atoms. The molecule has 12 rings (SSSR count). The molecule has 0 spiro atoms. The normalized spacial score (nSPS) is 12.7. The summed E-state index contributed by atoms with van der Waals surface area (Å²) in [6, 6.07) is 79.1. The first-order valence-corrected chi connectivity index (χ1v) is 21.8. The maximum atomic E-state index is 5.27. The minimum absolute atomic E-state index is 0.0724. The van der Waals surface area contributed by atoms with E-state index in [1.165, 1.54) is 82.6 Å². The van der Waals surface area contributed by atoms with Crippen molar-refractivity contribution < 1.29 is 0 Å². The molecule has 0 saturated heterocycles. The van der Waals surface area contributed by atoms with Gasteiger partial charge in [0.25, 0.3) is 0 Å². The fourth-order valence-corrected chi connectivity index (χ4v) is 10.1. The van der Waals surface area contributed by atoms with Crippen molar-refractivity contribution in [3.8, 4) is 78.4 Å². The number of benzene rings is 10. The van der Waals surface area contributed by atoms with Gasteiger partial charge in [-0.25, -0.2) is 9.97 Å². The lowest BCUT2D eigenvalue weighted by molar-refractivity contribution is 0.661. The van der Waals surface area contributed by atoms with Crippen LogP contribution in [-0.2, 0) is 5.41 Å². The number of hydrogen-bond acceptors (Lipinski definition) is 2. The highest BCUT2D eigenvalue weighted by atomic mass is 14.9. The average molecular weight is 803 g/mol. The standard InChI is InChI=1S/C61H42N2/c1-61(2)55-35-30-44(37-54(55)59-46-20-10-9-17-41(46)29-36-56(59)61)45-31-32-51(48-22-12-11-21-47(45)48)52-33-34-53(50-24-14-13-23-49(50)52)58-38-57(62-60(63-58)43-18-7-4-8-19-43)42-27-25-40(26-28-42)39-15-5-3-6-16-39/h3-38H,1-2H3. The highest BCUT2D eigenvalue weighted by Crippen LogP contribution is 2.52. The lowest BCUT2D eigenvalue weighted by atomic mass is 9.81. The summed E-state index contributed by atoms with van der Waals surface area (Å²) in [5.41, 5.74) is 17.6. The second-order valence-corrected chi connectivity index (χ2v) is 17.3. The van der Waals surface area contributed by atoms with Gasteiger partial charge in [-0.05, 0) is 100 Å². The summed E-state index contributed by atoms with van der Waals surface area (Å²) in [5, 5.41) is 7.41. The van der Waals surface area contributed by atoms with E-state index in [2.05, 4.69) is 214 Å². The Kier molecular flexibility index (Phi) is 8.55. The molecule has 0 aliphatic heterocycles. The zero-order valence-corrected chi connectivity index (χ0v) is 35.2. The second-order valence-electron chi connectivity index (χ2n) is 17.3. The third-order valence-corrected chi connectivity index (χ3v) is 13.3. The molecule has 0 unspecified atom stereocenters. The number of rotatable bonds is 6. The predicted molar refractivity (Wildman–Crippen MR) is 265 cm³/mol. The molecule has 11 aromatic rings. The van der Waals surface area contributed by atoms with Crippen LogP contribution in [0.4, 0.5) is 0 Å². The Hall–Kier alpha value is -7.94. The monoisotopic (exact) mass is 802 g/mol. The SMILES string of the molecule is CC1(C)c2ccc(-c3ccc(-c4ccc(-c5cc(-c6ccc(-c7ccccc7)cc6)nc(-c6ccccc6)n5)c5ccccc45)c4ccccc34)cc2-c2c1ccc1ccccc21. The number of aromatic nitrogens is 2. The maximum absolute atomic E-state index is 5.27. The van der Waals surface area contributed by atoms with E-state index in [1.54, 1.807) is 0 Å². The Balaban J connectivity index is 0.983. The zero-order chi connectivity index (χ0) is 42.1.